The average Bonchev–Trinajstić information content (AvgIpc) is 2.45. The summed E-state index contributed by atoms with van der Waals surface area (Å²) in [7, 11) is 0. The minimum Gasteiger partial charge on any atom is -0.355 e. The number of carbonyl (C=O) groups excluding carboxylic acids is 1. The molecule has 2 nitrogen and oxygen atoms in total. The molecule has 5 heteroatoms. The summed E-state index contributed by atoms with van der Waals surface area (Å²) in [6.45, 7) is 6.04. The summed E-state index contributed by atoms with van der Waals surface area (Å²) in [5.74, 6) is -0.0477. The van der Waals surface area contributed by atoms with Gasteiger partial charge in [0.2, 0.25) is 5.91 Å². The van der Waals surface area contributed by atoms with Gasteiger partial charge in [0.1, 0.15) is 0 Å². The molecule has 0 bridgehead atoms. The molecule has 1 N–H and O–H groups in total. The fourth-order valence-corrected chi connectivity index (χ4v) is 2.16. The van der Waals surface area contributed by atoms with E-state index in [4.69, 9.17) is 0 Å². The minimum absolute atomic E-state index is 0.0477. The van der Waals surface area contributed by atoms with Crippen molar-refractivity contribution < 1.29 is 18.0 Å². The van der Waals surface area contributed by atoms with Crippen LogP contribution in [0.1, 0.15) is 57.6 Å². The monoisotopic (exact) mass is 315 g/mol. The predicted molar refractivity (Wildman–Crippen MR) is 81.6 cm³/mol. The third-order valence-corrected chi connectivity index (χ3v) is 3.71. The maximum Gasteiger partial charge on any atom is 0.416 e. The highest BCUT2D eigenvalue weighted by Crippen LogP contribution is 2.32. The molecule has 0 atom stereocenters. The van der Waals surface area contributed by atoms with Crippen LogP contribution in [-0.2, 0) is 16.4 Å². The number of alkyl halides is 3. The highest BCUT2D eigenvalue weighted by molar-refractivity contribution is 5.75. The first-order valence-electron chi connectivity index (χ1n) is 7.61. The van der Waals surface area contributed by atoms with Crippen molar-refractivity contribution in [3.63, 3.8) is 0 Å². The second kappa shape index (κ2) is 7.65. The van der Waals surface area contributed by atoms with E-state index in [0.29, 0.717) is 18.5 Å². The second-order valence-corrected chi connectivity index (χ2v) is 6.20. The van der Waals surface area contributed by atoms with Crippen LogP contribution in [0.4, 0.5) is 13.2 Å². The number of halogens is 3. The highest BCUT2D eigenvalue weighted by atomic mass is 19.4. The smallest absolute Gasteiger partial charge is 0.355 e. The Morgan fingerprint density at radius 3 is 2.36 bits per heavy atom. The van der Waals surface area contributed by atoms with Gasteiger partial charge in [-0.15, -0.1) is 0 Å². The van der Waals surface area contributed by atoms with Crippen molar-refractivity contribution in [3.8, 4) is 0 Å². The first-order valence-corrected chi connectivity index (χ1v) is 7.61. The largest absolute Gasteiger partial charge is 0.416 e. The standard InChI is InChI=1S/C17H24F3NO/c1-4-5-6-10-15(22)21-12-16(2,3)13-8-7-9-14(11-13)17(18,19)20/h7-9,11H,4-6,10,12H2,1-3H3,(H,21,22). The molecule has 0 radical (unpaired) electrons. The van der Waals surface area contributed by atoms with Crippen molar-refractivity contribution in [1.82, 2.24) is 5.32 Å². The van der Waals surface area contributed by atoms with E-state index in [1.54, 1.807) is 6.07 Å². The molecule has 1 amide bonds. The Morgan fingerprint density at radius 2 is 1.77 bits per heavy atom. The van der Waals surface area contributed by atoms with E-state index in [9.17, 15) is 18.0 Å². The predicted octanol–water partition coefficient (Wildman–Crippen LogP) is 4.68. The fourth-order valence-electron chi connectivity index (χ4n) is 2.16. The Bertz CT molecular complexity index is 495. The Balaban J connectivity index is 2.68. The number of amides is 1. The Morgan fingerprint density at radius 1 is 1.14 bits per heavy atom. The Kier molecular flexibility index (Phi) is 6.45. The van der Waals surface area contributed by atoms with Gasteiger partial charge in [0.15, 0.2) is 0 Å². The fraction of sp³-hybridized carbons (Fsp3) is 0.588. The van der Waals surface area contributed by atoms with Crippen LogP contribution < -0.4 is 5.32 Å². The van der Waals surface area contributed by atoms with Gasteiger partial charge in [-0.25, -0.2) is 0 Å². The molecule has 124 valence electrons. The van der Waals surface area contributed by atoms with E-state index < -0.39 is 17.2 Å². The summed E-state index contributed by atoms with van der Waals surface area (Å²) in [5.41, 5.74) is -0.648. The van der Waals surface area contributed by atoms with E-state index in [0.717, 1.165) is 31.4 Å². The molecule has 0 saturated heterocycles. The van der Waals surface area contributed by atoms with Gasteiger partial charge in [0.05, 0.1) is 5.56 Å². The summed E-state index contributed by atoms with van der Waals surface area (Å²) >= 11 is 0. The molecule has 0 heterocycles. The second-order valence-electron chi connectivity index (χ2n) is 6.20. The molecule has 0 spiro atoms. The van der Waals surface area contributed by atoms with Crippen LogP contribution in [0.3, 0.4) is 0 Å². The van der Waals surface area contributed by atoms with Crippen LogP contribution in [0.2, 0.25) is 0 Å². The third kappa shape index (κ3) is 5.70. The first kappa shape index (κ1) is 18.5. The van der Waals surface area contributed by atoms with Crippen molar-refractivity contribution in [2.24, 2.45) is 0 Å². The summed E-state index contributed by atoms with van der Waals surface area (Å²) in [5, 5.41) is 2.82. The Labute approximate surface area is 130 Å². The van der Waals surface area contributed by atoms with Crippen LogP contribution >= 0.6 is 0 Å². The highest BCUT2D eigenvalue weighted by Gasteiger charge is 2.32. The lowest BCUT2D eigenvalue weighted by molar-refractivity contribution is -0.137. The van der Waals surface area contributed by atoms with Crippen molar-refractivity contribution in [2.75, 3.05) is 6.54 Å². The van der Waals surface area contributed by atoms with Crippen molar-refractivity contribution in [1.29, 1.82) is 0 Å². The maximum atomic E-state index is 12.8. The molecule has 1 aromatic rings. The van der Waals surface area contributed by atoms with Gasteiger partial charge in [-0.2, -0.15) is 13.2 Å². The van der Waals surface area contributed by atoms with Crippen LogP contribution in [0.5, 0.6) is 0 Å². The lowest BCUT2D eigenvalue weighted by Crippen LogP contribution is -2.36. The van der Waals surface area contributed by atoms with Crippen molar-refractivity contribution in [2.45, 2.75) is 58.0 Å². The van der Waals surface area contributed by atoms with E-state index >= 15 is 0 Å². The summed E-state index contributed by atoms with van der Waals surface area (Å²) in [6.07, 6.45) is -0.998. The molecular weight excluding hydrogens is 291 g/mol. The van der Waals surface area contributed by atoms with Crippen molar-refractivity contribution in [3.05, 3.63) is 35.4 Å². The normalized spacial score (nSPS) is 12.3. The van der Waals surface area contributed by atoms with Gasteiger partial charge < -0.3 is 5.32 Å². The van der Waals surface area contributed by atoms with Crippen LogP contribution in [-0.4, -0.2) is 12.5 Å². The SMILES string of the molecule is CCCCCC(=O)NCC(C)(C)c1cccc(C(F)(F)F)c1. The number of hydrogen-bond acceptors (Lipinski definition) is 1. The van der Waals surface area contributed by atoms with Crippen molar-refractivity contribution >= 4 is 5.91 Å². The van der Waals surface area contributed by atoms with Crippen LogP contribution in [0, 0.1) is 0 Å². The molecule has 0 aliphatic rings. The van der Waals surface area contributed by atoms with E-state index in [2.05, 4.69) is 12.2 Å². The number of benzene rings is 1. The molecule has 0 aliphatic heterocycles. The van der Waals surface area contributed by atoms with Gasteiger partial charge in [0, 0.05) is 18.4 Å². The molecule has 0 fully saturated rings. The molecule has 0 aliphatic carbocycles. The number of hydrogen-bond donors (Lipinski definition) is 1. The van der Waals surface area contributed by atoms with E-state index in [1.165, 1.54) is 6.07 Å². The number of unbranched alkanes of at least 4 members (excludes halogenated alkanes) is 2. The van der Waals surface area contributed by atoms with Gasteiger partial charge in [-0.05, 0) is 18.1 Å². The summed E-state index contributed by atoms with van der Waals surface area (Å²) < 4.78 is 38.3. The summed E-state index contributed by atoms with van der Waals surface area (Å²) in [6, 6.07) is 5.29. The maximum absolute atomic E-state index is 12.8. The molecule has 0 unspecified atom stereocenters. The molecule has 22 heavy (non-hydrogen) atoms. The molecule has 1 rings (SSSR count). The zero-order chi connectivity index (χ0) is 16.8. The molecular formula is C17H24F3NO. The number of rotatable bonds is 7. The molecule has 1 aromatic carbocycles. The number of carbonyl (C=O) groups is 1. The average molecular weight is 315 g/mol. The minimum atomic E-state index is -4.35. The third-order valence-electron chi connectivity index (χ3n) is 3.71. The lowest BCUT2D eigenvalue weighted by Gasteiger charge is -2.26. The molecule has 0 aromatic heterocycles. The van der Waals surface area contributed by atoms with Crippen LogP contribution in [0.25, 0.3) is 0 Å². The van der Waals surface area contributed by atoms with Gasteiger partial charge in [0.25, 0.3) is 0 Å². The van der Waals surface area contributed by atoms with Gasteiger partial charge in [-0.3, -0.25) is 4.79 Å². The lowest BCUT2D eigenvalue weighted by atomic mass is 9.83. The summed E-state index contributed by atoms with van der Waals surface area (Å²) in [4.78, 5) is 11.7. The molecule has 0 saturated carbocycles. The van der Waals surface area contributed by atoms with E-state index in [-0.39, 0.29) is 5.91 Å². The van der Waals surface area contributed by atoms with Gasteiger partial charge in [-0.1, -0.05) is 51.8 Å². The topological polar surface area (TPSA) is 29.1 Å². The van der Waals surface area contributed by atoms with Crippen LogP contribution in [0.15, 0.2) is 24.3 Å². The van der Waals surface area contributed by atoms with Gasteiger partial charge >= 0.3 is 6.18 Å². The number of nitrogens with one attached hydrogen (secondary N) is 1. The quantitative estimate of drug-likeness (QED) is 0.727. The zero-order valence-corrected chi connectivity index (χ0v) is 13.4. The zero-order valence-electron chi connectivity index (χ0n) is 13.4. The van der Waals surface area contributed by atoms with E-state index in [1.807, 2.05) is 13.8 Å². The Hall–Kier alpha value is -1.52. The first-order chi connectivity index (χ1) is 10.2.